The summed E-state index contributed by atoms with van der Waals surface area (Å²) in [5.74, 6) is 1.64. The Morgan fingerprint density at radius 2 is 2.04 bits per heavy atom. The van der Waals surface area contributed by atoms with Crippen molar-refractivity contribution in [2.24, 2.45) is 5.92 Å². The van der Waals surface area contributed by atoms with Crippen LogP contribution in [0.15, 0.2) is 59.9 Å². The molecule has 0 saturated carbocycles. The largest absolute Gasteiger partial charge is 0.491 e. The highest BCUT2D eigenvalue weighted by Gasteiger charge is 2.34. The van der Waals surface area contributed by atoms with E-state index in [4.69, 9.17) is 4.74 Å². The van der Waals surface area contributed by atoms with Gasteiger partial charge in [-0.1, -0.05) is 30.3 Å². The van der Waals surface area contributed by atoms with Crippen molar-refractivity contribution < 1.29 is 9.84 Å². The zero-order valence-corrected chi connectivity index (χ0v) is 16.2. The Labute approximate surface area is 165 Å². The molecule has 4 rings (SSSR count). The number of aliphatic hydroxyl groups excluding tert-OH is 1. The lowest BCUT2D eigenvalue weighted by molar-refractivity contribution is 0.0382. The maximum atomic E-state index is 12.1. The molecule has 0 spiro atoms. The Morgan fingerprint density at radius 1 is 1.18 bits per heavy atom. The average molecular weight is 380 g/mol. The number of fused-ring (bicyclic) bond motifs is 4. The smallest absolute Gasteiger partial charge is 0.250 e. The number of aliphatic hydroxyl groups is 1. The van der Waals surface area contributed by atoms with Crippen molar-refractivity contribution in [2.75, 3.05) is 26.2 Å². The summed E-state index contributed by atoms with van der Waals surface area (Å²) in [6.45, 7) is 7.23. The Morgan fingerprint density at radius 3 is 2.89 bits per heavy atom. The molecular weight excluding hydrogens is 352 g/mol. The number of hydrogen-bond donors (Lipinski definition) is 1. The normalized spacial score (nSPS) is 22.3. The lowest BCUT2D eigenvalue weighted by Crippen LogP contribution is -2.49. The molecule has 5 heteroatoms. The monoisotopic (exact) mass is 380 g/mol. The van der Waals surface area contributed by atoms with Crippen molar-refractivity contribution in [1.82, 2.24) is 9.47 Å². The van der Waals surface area contributed by atoms with Crippen LogP contribution < -0.4 is 10.3 Å². The van der Waals surface area contributed by atoms with Gasteiger partial charge in [-0.15, -0.1) is 6.58 Å². The SMILES string of the molecule is C=CCc1ccccc1OC[C@H](O)CN1C[C@@H]2C[C@H](C1)c1cccc(=O)n1C2. The zero-order valence-electron chi connectivity index (χ0n) is 16.2. The minimum absolute atomic E-state index is 0.104. The third-order valence-electron chi connectivity index (χ3n) is 5.79. The number of allylic oxidation sites excluding steroid dienone is 1. The van der Waals surface area contributed by atoms with Crippen molar-refractivity contribution in [3.05, 3.63) is 76.7 Å². The molecular formula is C23H28N2O3. The maximum Gasteiger partial charge on any atom is 0.250 e. The van der Waals surface area contributed by atoms with Crippen molar-refractivity contribution in [3.8, 4) is 5.75 Å². The molecule has 2 aliphatic heterocycles. The van der Waals surface area contributed by atoms with E-state index < -0.39 is 6.10 Å². The molecule has 1 aromatic heterocycles. The number of β-amino-alcohol motifs (C(OH)–C–C–N with tert-alkyl or cyclic N) is 1. The molecule has 0 aliphatic carbocycles. The molecule has 2 bridgehead atoms. The Bertz CT molecular complexity index is 891. The van der Waals surface area contributed by atoms with E-state index in [1.807, 2.05) is 41.0 Å². The lowest BCUT2D eigenvalue weighted by atomic mass is 9.83. The van der Waals surface area contributed by atoms with Gasteiger partial charge in [-0.25, -0.2) is 0 Å². The van der Waals surface area contributed by atoms with E-state index in [2.05, 4.69) is 17.5 Å². The van der Waals surface area contributed by atoms with Crippen LogP contribution >= 0.6 is 0 Å². The number of benzene rings is 1. The minimum atomic E-state index is -0.548. The standard InChI is InChI=1S/C23H28N2O3/c1-2-6-18-7-3-4-9-22(18)28-16-20(26)15-24-12-17-11-19(14-24)21-8-5-10-23(27)25(21)13-17/h2-5,7-10,17,19-20,26H,1,6,11-16H2/t17-,19+,20+/m0/s1. The van der Waals surface area contributed by atoms with Crippen LogP contribution in [0.3, 0.4) is 0 Å². The summed E-state index contributed by atoms with van der Waals surface area (Å²) in [6, 6.07) is 13.5. The van der Waals surface area contributed by atoms with E-state index in [0.717, 1.165) is 49.5 Å². The van der Waals surface area contributed by atoms with Crippen LogP contribution in [0.2, 0.25) is 0 Å². The van der Waals surface area contributed by atoms with E-state index in [1.165, 1.54) is 0 Å². The minimum Gasteiger partial charge on any atom is -0.491 e. The molecule has 3 heterocycles. The van der Waals surface area contributed by atoms with E-state index in [0.29, 0.717) is 18.4 Å². The fourth-order valence-corrected chi connectivity index (χ4v) is 4.65. The number of aromatic nitrogens is 1. The van der Waals surface area contributed by atoms with Gasteiger partial charge in [-0.2, -0.15) is 0 Å². The summed E-state index contributed by atoms with van der Waals surface area (Å²) in [7, 11) is 0. The number of nitrogens with zero attached hydrogens (tertiary/aromatic N) is 2. The van der Waals surface area contributed by atoms with Gasteiger partial charge in [0.2, 0.25) is 0 Å². The quantitative estimate of drug-likeness (QED) is 0.750. The highest BCUT2D eigenvalue weighted by atomic mass is 16.5. The van der Waals surface area contributed by atoms with Crippen molar-refractivity contribution in [1.29, 1.82) is 0 Å². The second-order valence-electron chi connectivity index (χ2n) is 7.98. The number of hydrogen-bond acceptors (Lipinski definition) is 4. The predicted octanol–water partition coefficient (Wildman–Crippen LogP) is 2.44. The van der Waals surface area contributed by atoms with Gasteiger partial charge in [0.1, 0.15) is 18.5 Å². The Kier molecular flexibility index (Phi) is 5.64. The molecule has 1 saturated heterocycles. The van der Waals surface area contributed by atoms with Crippen LogP contribution in [0.4, 0.5) is 0 Å². The first kappa shape index (κ1) is 19.0. The van der Waals surface area contributed by atoms with E-state index in [1.54, 1.807) is 6.07 Å². The molecule has 2 aliphatic rings. The maximum absolute atomic E-state index is 12.1. The number of piperidine rings is 1. The van der Waals surface area contributed by atoms with Crippen molar-refractivity contribution in [3.63, 3.8) is 0 Å². The predicted molar refractivity (Wildman–Crippen MR) is 110 cm³/mol. The molecule has 0 amide bonds. The zero-order chi connectivity index (χ0) is 19.5. The number of para-hydroxylation sites is 1. The first-order valence-electron chi connectivity index (χ1n) is 10.1. The van der Waals surface area contributed by atoms with Gasteiger partial charge in [0.15, 0.2) is 0 Å². The average Bonchev–Trinajstić information content (AvgIpc) is 2.68. The molecule has 1 aromatic carbocycles. The second kappa shape index (κ2) is 8.33. The topological polar surface area (TPSA) is 54.7 Å². The summed E-state index contributed by atoms with van der Waals surface area (Å²) in [5, 5.41) is 10.5. The van der Waals surface area contributed by atoms with E-state index >= 15 is 0 Å². The summed E-state index contributed by atoms with van der Waals surface area (Å²) in [4.78, 5) is 14.5. The van der Waals surface area contributed by atoms with Gasteiger partial charge in [0.25, 0.3) is 5.56 Å². The van der Waals surface area contributed by atoms with Crippen LogP contribution in [-0.4, -0.2) is 46.9 Å². The number of pyridine rings is 1. The highest BCUT2D eigenvalue weighted by molar-refractivity contribution is 5.34. The second-order valence-corrected chi connectivity index (χ2v) is 7.98. The number of rotatable bonds is 7. The molecule has 28 heavy (non-hydrogen) atoms. The van der Waals surface area contributed by atoms with Gasteiger partial charge in [-0.3, -0.25) is 9.69 Å². The molecule has 5 nitrogen and oxygen atoms in total. The lowest BCUT2D eigenvalue weighted by Gasteiger charge is -2.43. The van der Waals surface area contributed by atoms with Gasteiger partial charge in [0, 0.05) is 43.9 Å². The molecule has 148 valence electrons. The fraction of sp³-hybridized carbons (Fsp3) is 0.435. The van der Waals surface area contributed by atoms with Gasteiger partial charge in [0.05, 0.1) is 0 Å². The molecule has 0 radical (unpaired) electrons. The molecule has 1 fully saturated rings. The van der Waals surface area contributed by atoms with Gasteiger partial charge >= 0.3 is 0 Å². The van der Waals surface area contributed by atoms with Crippen LogP contribution in [0.25, 0.3) is 0 Å². The summed E-state index contributed by atoms with van der Waals surface area (Å²) < 4.78 is 7.83. The number of likely N-dealkylation sites (tertiary alicyclic amines) is 1. The Balaban J connectivity index is 1.36. The highest BCUT2D eigenvalue weighted by Crippen LogP contribution is 2.34. The molecule has 3 atom stereocenters. The third kappa shape index (κ3) is 4.05. The third-order valence-corrected chi connectivity index (χ3v) is 5.79. The first-order chi connectivity index (χ1) is 13.6. The van der Waals surface area contributed by atoms with E-state index in [-0.39, 0.29) is 12.2 Å². The van der Waals surface area contributed by atoms with Crippen LogP contribution in [0.1, 0.15) is 23.6 Å². The van der Waals surface area contributed by atoms with Gasteiger partial charge in [-0.05, 0) is 36.5 Å². The first-order valence-corrected chi connectivity index (χ1v) is 10.1. The molecule has 2 aromatic rings. The van der Waals surface area contributed by atoms with Crippen molar-refractivity contribution in [2.45, 2.75) is 31.4 Å². The fourth-order valence-electron chi connectivity index (χ4n) is 4.65. The Hall–Kier alpha value is -2.37. The van der Waals surface area contributed by atoms with Crippen LogP contribution in [0, 0.1) is 5.92 Å². The van der Waals surface area contributed by atoms with Crippen LogP contribution in [0.5, 0.6) is 5.75 Å². The molecule has 1 N–H and O–H groups in total. The summed E-state index contributed by atoms with van der Waals surface area (Å²) in [5.41, 5.74) is 2.32. The number of ether oxygens (including phenoxy) is 1. The molecule has 0 unspecified atom stereocenters. The van der Waals surface area contributed by atoms with Crippen LogP contribution in [-0.2, 0) is 13.0 Å². The van der Waals surface area contributed by atoms with Crippen molar-refractivity contribution >= 4 is 0 Å². The summed E-state index contributed by atoms with van der Waals surface area (Å²) >= 11 is 0. The van der Waals surface area contributed by atoms with Gasteiger partial charge < -0.3 is 14.4 Å². The van der Waals surface area contributed by atoms with E-state index in [9.17, 15) is 9.90 Å². The summed E-state index contributed by atoms with van der Waals surface area (Å²) in [6.07, 6.45) is 3.18.